The maximum atomic E-state index is 11.9. The highest BCUT2D eigenvalue weighted by atomic mass is 16.2. The normalized spacial score (nSPS) is 11.5. The molecule has 0 aromatic heterocycles. The zero-order chi connectivity index (χ0) is 16.5. The lowest BCUT2D eigenvalue weighted by Crippen LogP contribution is -2.31. The van der Waals surface area contributed by atoms with E-state index in [1.807, 2.05) is 36.4 Å². The summed E-state index contributed by atoms with van der Waals surface area (Å²) in [7, 11) is 0. The molecule has 0 aliphatic carbocycles. The molecule has 0 radical (unpaired) electrons. The van der Waals surface area contributed by atoms with Gasteiger partial charge in [0.2, 0.25) is 0 Å². The topological polar surface area (TPSA) is 58.2 Å². The summed E-state index contributed by atoms with van der Waals surface area (Å²) in [6.45, 7) is 3.24. The summed E-state index contributed by atoms with van der Waals surface area (Å²) < 4.78 is 0. The fraction of sp³-hybridized carbons (Fsp3) is 0.263. The van der Waals surface area contributed by atoms with E-state index in [1.54, 1.807) is 24.3 Å². The molecule has 0 aliphatic rings. The lowest BCUT2D eigenvalue weighted by atomic mass is 10.1. The summed E-state index contributed by atoms with van der Waals surface area (Å²) in [5.74, 6) is 0.163. The molecule has 120 valence electrons. The molecule has 4 nitrogen and oxygen atoms in total. The molecule has 2 amide bonds. The van der Waals surface area contributed by atoms with Crippen LogP contribution in [-0.4, -0.2) is 24.9 Å². The van der Waals surface area contributed by atoms with Crippen LogP contribution in [0.25, 0.3) is 0 Å². The minimum atomic E-state index is -0.0641. The number of nitrogens with one attached hydrogen (secondary N) is 2. The van der Waals surface area contributed by atoms with E-state index in [4.69, 9.17) is 0 Å². The van der Waals surface area contributed by atoms with E-state index in [1.165, 1.54) is 0 Å². The molecule has 2 N–H and O–H groups in total. The molecule has 0 unspecified atom stereocenters. The van der Waals surface area contributed by atoms with Gasteiger partial charge in [0.25, 0.3) is 11.8 Å². The first-order chi connectivity index (χ1) is 11.2. The molecule has 4 heteroatoms. The zero-order valence-corrected chi connectivity index (χ0v) is 13.3. The van der Waals surface area contributed by atoms with Crippen LogP contribution in [0.3, 0.4) is 0 Å². The Morgan fingerprint density at radius 3 is 1.83 bits per heavy atom. The standard InChI is InChI=1S/C19H22N2O2/c1-15(14-21-19(23)17-10-6-3-7-11-17)12-13-20-18(22)16-8-4-2-5-9-16/h2-11,15H,12-14H2,1H3,(H,20,22)(H,21,23)/t15-/m1/s1. The van der Waals surface area contributed by atoms with Crippen LogP contribution in [-0.2, 0) is 0 Å². The molecule has 2 aromatic rings. The van der Waals surface area contributed by atoms with Crippen molar-refractivity contribution in [1.82, 2.24) is 10.6 Å². The van der Waals surface area contributed by atoms with Crippen molar-refractivity contribution < 1.29 is 9.59 Å². The summed E-state index contributed by atoms with van der Waals surface area (Å²) in [4.78, 5) is 23.8. The number of hydrogen-bond donors (Lipinski definition) is 2. The average Bonchev–Trinajstić information content (AvgIpc) is 2.61. The van der Waals surface area contributed by atoms with Crippen LogP contribution in [0.5, 0.6) is 0 Å². The molecule has 0 saturated carbocycles. The Labute approximate surface area is 136 Å². The first-order valence-electron chi connectivity index (χ1n) is 7.83. The van der Waals surface area contributed by atoms with Gasteiger partial charge in [0.15, 0.2) is 0 Å². The predicted molar refractivity (Wildman–Crippen MR) is 91.3 cm³/mol. The van der Waals surface area contributed by atoms with E-state index in [2.05, 4.69) is 17.6 Å². The van der Waals surface area contributed by atoms with Gasteiger partial charge in [0.05, 0.1) is 0 Å². The molecule has 1 atom stereocenters. The Balaban J connectivity index is 1.66. The molecular weight excluding hydrogens is 288 g/mol. The molecule has 0 fully saturated rings. The van der Waals surface area contributed by atoms with Crippen LogP contribution in [0.15, 0.2) is 60.7 Å². The van der Waals surface area contributed by atoms with Gasteiger partial charge >= 0.3 is 0 Å². The summed E-state index contributed by atoms with van der Waals surface area (Å²) in [6.07, 6.45) is 0.813. The molecule has 0 aliphatic heterocycles. The lowest BCUT2D eigenvalue weighted by Gasteiger charge is -2.13. The minimum absolute atomic E-state index is 0.0638. The van der Waals surface area contributed by atoms with E-state index < -0.39 is 0 Å². The van der Waals surface area contributed by atoms with Crippen molar-refractivity contribution in [1.29, 1.82) is 0 Å². The second kappa shape index (κ2) is 8.73. The van der Waals surface area contributed by atoms with Crippen LogP contribution >= 0.6 is 0 Å². The summed E-state index contributed by atoms with van der Waals surface area (Å²) in [5.41, 5.74) is 1.33. The third kappa shape index (κ3) is 5.58. The molecule has 2 aromatic carbocycles. The van der Waals surface area contributed by atoms with Crippen molar-refractivity contribution in [3.8, 4) is 0 Å². The lowest BCUT2D eigenvalue weighted by molar-refractivity contribution is 0.0933. The van der Waals surface area contributed by atoms with Gasteiger partial charge in [-0.2, -0.15) is 0 Å². The second-order valence-corrected chi connectivity index (χ2v) is 5.59. The van der Waals surface area contributed by atoms with Crippen molar-refractivity contribution in [3.05, 3.63) is 71.8 Å². The Hall–Kier alpha value is -2.62. The molecule has 0 bridgehead atoms. The maximum Gasteiger partial charge on any atom is 0.251 e. The first kappa shape index (κ1) is 16.7. The summed E-state index contributed by atoms with van der Waals surface area (Å²) in [5, 5.41) is 5.81. The predicted octanol–water partition coefficient (Wildman–Crippen LogP) is 2.87. The molecule has 0 spiro atoms. The summed E-state index contributed by atoms with van der Waals surface area (Å²) >= 11 is 0. The van der Waals surface area contributed by atoms with E-state index in [0.717, 1.165) is 6.42 Å². The van der Waals surface area contributed by atoms with Gasteiger partial charge in [-0.05, 0) is 36.6 Å². The van der Waals surface area contributed by atoms with Crippen molar-refractivity contribution in [3.63, 3.8) is 0 Å². The highest BCUT2D eigenvalue weighted by Crippen LogP contribution is 2.03. The molecular formula is C19H22N2O2. The maximum absolute atomic E-state index is 11.9. The third-order valence-corrected chi connectivity index (χ3v) is 3.61. The number of amides is 2. The van der Waals surface area contributed by atoms with Crippen LogP contribution in [0, 0.1) is 5.92 Å². The molecule has 23 heavy (non-hydrogen) atoms. The monoisotopic (exact) mass is 310 g/mol. The Bertz CT molecular complexity index is 626. The molecule has 0 saturated heterocycles. The van der Waals surface area contributed by atoms with Crippen molar-refractivity contribution in [2.75, 3.05) is 13.1 Å². The van der Waals surface area contributed by atoms with E-state index >= 15 is 0 Å². The van der Waals surface area contributed by atoms with E-state index in [-0.39, 0.29) is 11.8 Å². The van der Waals surface area contributed by atoms with Crippen LogP contribution in [0.1, 0.15) is 34.1 Å². The van der Waals surface area contributed by atoms with Gasteiger partial charge in [0.1, 0.15) is 0 Å². The van der Waals surface area contributed by atoms with Crippen LogP contribution in [0.2, 0.25) is 0 Å². The first-order valence-corrected chi connectivity index (χ1v) is 7.83. The second-order valence-electron chi connectivity index (χ2n) is 5.59. The van der Waals surface area contributed by atoms with Crippen molar-refractivity contribution in [2.24, 2.45) is 5.92 Å². The highest BCUT2D eigenvalue weighted by Gasteiger charge is 2.08. The SMILES string of the molecule is C[C@H](CCNC(=O)c1ccccc1)CNC(=O)c1ccccc1. The number of carbonyl (C=O) groups excluding carboxylic acids is 2. The Morgan fingerprint density at radius 1 is 0.826 bits per heavy atom. The quantitative estimate of drug-likeness (QED) is 0.826. The minimum Gasteiger partial charge on any atom is -0.352 e. The highest BCUT2D eigenvalue weighted by molar-refractivity contribution is 5.94. The summed E-state index contributed by atoms with van der Waals surface area (Å²) in [6, 6.07) is 18.3. The zero-order valence-electron chi connectivity index (χ0n) is 13.3. The Morgan fingerprint density at radius 2 is 1.30 bits per heavy atom. The van der Waals surface area contributed by atoms with Gasteiger partial charge in [-0.1, -0.05) is 43.3 Å². The van der Waals surface area contributed by atoms with Crippen LogP contribution in [0.4, 0.5) is 0 Å². The smallest absolute Gasteiger partial charge is 0.251 e. The van der Waals surface area contributed by atoms with Crippen molar-refractivity contribution >= 4 is 11.8 Å². The van der Waals surface area contributed by atoms with Crippen molar-refractivity contribution in [2.45, 2.75) is 13.3 Å². The van der Waals surface area contributed by atoms with E-state index in [0.29, 0.717) is 30.1 Å². The van der Waals surface area contributed by atoms with Gasteiger partial charge in [-0.15, -0.1) is 0 Å². The van der Waals surface area contributed by atoms with Gasteiger partial charge < -0.3 is 10.6 Å². The fourth-order valence-corrected chi connectivity index (χ4v) is 2.18. The van der Waals surface area contributed by atoms with Gasteiger partial charge in [-0.25, -0.2) is 0 Å². The Kier molecular flexibility index (Phi) is 6.36. The van der Waals surface area contributed by atoms with Gasteiger partial charge in [0, 0.05) is 24.2 Å². The third-order valence-electron chi connectivity index (χ3n) is 3.61. The van der Waals surface area contributed by atoms with E-state index in [9.17, 15) is 9.59 Å². The number of rotatable bonds is 7. The average molecular weight is 310 g/mol. The van der Waals surface area contributed by atoms with Gasteiger partial charge in [-0.3, -0.25) is 9.59 Å². The number of benzene rings is 2. The number of hydrogen-bond acceptors (Lipinski definition) is 2. The largest absolute Gasteiger partial charge is 0.352 e. The number of carbonyl (C=O) groups is 2. The fourth-order valence-electron chi connectivity index (χ4n) is 2.18. The molecule has 2 rings (SSSR count). The van der Waals surface area contributed by atoms with Crippen LogP contribution < -0.4 is 10.6 Å². The molecule has 0 heterocycles.